The maximum atomic E-state index is 5.91. The topological polar surface area (TPSA) is 34.4 Å². The standard InChI is InChI=1S/C12H14O2.C7H15N/c1-2-4-9(5-3-1)13-12-8-10-6-7-11(12)14-10;1-2-7-5-3-4-6-8-7/h6-9H,1-5H2;7-8H,2-6H2,1H3. The van der Waals surface area contributed by atoms with Crippen molar-refractivity contribution in [2.24, 2.45) is 0 Å². The van der Waals surface area contributed by atoms with Crippen LogP contribution < -0.4 is 10.1 Å². The van der Waals surface area contributed by atoms with Crippen LogP contribution >= 0.6 is 0 Å². The summed E-state index contributed by atoms with van der Waals surface area (Å²) in [5.41, 5.74) is 1.82. The first kappa shape index (κ1) is 15.7. The highest BCUT2D eigenvalue weighted by molar-refractivity contribution is 5.69. The van der Waals surface area contributed by atoms with Crippen LogP contribution in [0.3, 0.4) is 0 Å². The molecule has 1 aliphatic heterocycles. The highest BCUT2D eigenvalue weighted by Gasteiger charge is 2.17. The Kier molecular flexibility index (Phi) is 5.60. The average Bonchev–Trinajstić information content (AvgIpc) is 3.20. The van der Waals surface area contributed by atoms with Crippen LogP contribution in [0.15, 0.2) is 22.6 Å². The normalized spacial score (nSPS) is 23.2. The Balaban J connectivity index is 0.000000154. The van der Waals surface area contributed by atoms with Crippen molar-refractivity contribution in [2.75, 3.05) is 6.54 Å². The fourth-order valence-electron chi connectivity index (χ4n) is 3.49. The van der Waals surface area contributed by atoms with Gasteiger partial charge in [0.1, 0.15) is 5.58 Å². The summed E-state index contributed by atoms with van der Waals surface area (Å²) in [6.07, 6.45) is 12.3. The molecule has 1 N–H and O–H groups in total. The van der Waals surface area contributed by atoms with Gasteiger partial charge in [0, 0.05) is 12.1 Å². The van der Waals surface area contributed by atoms with Crippen molar-refractivity contribution in [3.8, 4) is 5.75 Å². The Hall–Kier alpha value is -1.22. The molecule has 0 aromatic carbocycles. The van der Waals surface area contributed by atoms with E-state index in [9.17, 15) is 0 Å². The lowest BCUT2D eigenvalue weighted by Gasteiger charge is -2.22. The van der Waals surface area contributed by atoms with Gasteiger partial charge in [0.15, 0.2) is 11.3 Å². The van der Waals surface area contributed by atoms with Gasteiger partial charge in [-0.05, 0) is 63.6 Å². The number of ether oxygens (including phenoxy) is 1. The second kappa shape index (κ2) is 7.87. The molecule has 1 saturated heterocycles. The van der Waals surface area contributed by atoms with Gasteiger partial charge in [-0.3, -0.25) is 0 Å². The van der Waals surface area contributed by atoms with Gasteiger partial charge in [0.25, 0.3) is 0 Å². The SMILES string of the molecule is CCC1CCCCN1.c1cc2oc1cc2OC1CCCCC1. The molecule has 1 unspecified atom stereocenters. The molecule has 2 aromatic rings. The summed E-state index contributed by atoms with van der Waals surface area (Å²) >= 11 is 0. The maximum absolute atomic E-state index is 5.91. The minimum absolute atomic E-state index is 0.416. The van der Waals surface area contributed by atoms with E-state index < -0.39 is 0 Å². The molecule has 1 aliphatic carbocycles. The van der Waals surface area contributed by atoms with Crippen LogP contribution in [0.25, 0.3) is 11.2 Å². The highest BCUT2D eigenvalue weighted by atomic mass is 16.5. The van der Waals surface area contributed by atoms with Gasteiger partial charge in [0.05, 0.1) is 6.10 Å². The first-order valence-electron chi connectivity index (χ1n) is 9.07. The van der Waals surface area contributed by atoms with Crippen molar-refractivity contribution >= 4 is 11.2 Å². The van der Waals surface area contributed by atoms with Crippen molar-refractivity contribution in [3.63, 3.8) is 0 Å². The Morgan fingerprint density at radius 2 is 1.91 bits per heavy atom. The third kappa shape index (κ3) is 4.16. The zero-order valence-electron chi connectivity index (χ0n) is 13.8. The lowest BCUT2D eigenvalue weighted by molar-refractivity contribution is 0.156. The van der Waals surface area contributed by atoms with Gasteiger partial charge in [-0.1, -0.05) is 19.8 Å². The van der Waals surface area contributed by atoms with Crippen molar-refractivity contribution < 1.29 is 9.15 Å². The van der Waals surface area contributed by atoms with Crippen molar-refractivity contribution in [3.05, 3.63) is 18.2 Å². The molecule has 3 heterocycles. The van der Waals surface area contributed by atoms with E-state index in [0.717, 1.165) is 23.0 Å². The molecule has 4 rings (SSSR count). The molecule has 1 atom stereocenters. The Morgan fingerprint density at radius 3 is 2.45 bits per heavy atom. The third-order valence-corrected chi connectivity index (χ3v) is 4.89. The number of fused-ring (bicyclic) bond motifs is 2. The summed E-state index contributed by atoms with van der Waals surface area (Å²) in [5.74, 6) is 0.939. The molecule has 2 bridgehead atoms. The zero-order chi connectivity index (χ0) is 15.2. The van der Waals surface area contributed by atoms with Gasteiger partial charge in [0.2, 0.25) is 0 Å². The summed E-state index contributed by atoms with van der Waals surface area (Å²) in [4.78, 5) is 0. The van der Waals surface area contributed by atoms with Gasteiger partial charge >= 0.3 is 0 Å². The van der Waals surface area contributed by atoms with Gasteiger partial charge in [-0.25, -0.2) is 0 Å². The highest BCUT2D eigenvalue weighted by Crippen LogP contribution is 2.32. The number of hydrogen-bond acceptors (Lipinski definition) is 3. The smallest absolute Gasteiger partial charge is 0.169 e. The third-order valence-electron chi connectivity index (χ3n) is 4.89. The molecule has 0 spiro atoms. The van der Waals surface area contributed by atoms with Crippen molar-refractivity contribution in [1.29, 1.82) is 0 Å². The molecule has 22 heavy (non-hydrogen) atoms. The van der Waals surface area contributed by atoms with E-state index in [1.165, 1.54) is 64.3 Å². The largest absolute Gasteiger partial charge is 0.486 e. The summed E-state index contributed by atoms with van der Waals surface area (Å²) in [6, 6.07) is 6.78. The van der Waals surface area contributed by atoms with E-state index in [1.807, 2.05) is 18.2 Å². The summed E-state index contributed by atoms with van der Waals surface area (Å²) < 4.78 is 11.3. The molecule has 3 nitrogen and oxygen atoms in total. The lowest BCUT2D eigenvalue weighted by atomic mass is 9.98. The molecule has 1 saturated carbocycles. The quantitative estimate of drug-likeness (QED) is 0.854. The van der Waals surface area contributed by atoms with E-state index in [-0.39, 0.29) is 0 Å². The minimum Gasteiger partial charge on any atom is -0.486 e. The zero-order valence-corrected chi connectivity index (χ0v) is 13.8. The monoisotopic (exact) mass is 303 g/mol. The van der Waals surface area contributed by atoms with E-state index >= 15 is 0 Å². The summed E-state index contributed by atoms with van der Waals surface area (Å²) in [5, 5.41) is 3.47. The molecule has 2 aromatic heterocycles. The predicted octanol–water partition coefficient (Wildman–Crippen LogP) is 5.12. The average molecular weight is 303 g/mol. The second-order valence-electron chi connectivity index (χ2n) is 6.64. The van der Waals surface area contributed by atoms with Crippen molar-refractivity contribution in [2.45, 2.75) is 76.9 Å². The first-order chi connectivity index (χ1) is 10.8. The van der Waals surface area contributed by atoms with Crippen LogP contribution in [0.2, 0.25) is 0 Å². The molecule has 0 radical (unpaired) electrons. The summed E-state index contributed by atoms with van der Waals surface area (Å²) in [6.45, 7) is 3.50. The Morgan fingerprint density at radius 1 is 1.09 bits per heavy atom. The molecule has 0 amide bonds. The second-order valence-corrected chi connectivity index (χ2v) is 6.64. The summed E-state index contributed by atoms with van der Waals surface area (Å²) in [7, 11) is 0. The van der Waals surface area contributed by atoms with Crippen LogP contribution in [-0.4, -0.2) is 18.7 Å². The van der Waals surface area contributed by atoms with Gasteiger partial charge in [-0.2, -0.15) is 0 Å². The lowest BCUT2D eigenvalue weighted by Crippen LogP contribution is -2.32. The number of nitrogens with one attached hydrogen (secondary N) is 1. The molecular formula is C19H29NO2. The first-order valence-corrected chi connectivity index (χ1v) is 9.07. The van der Waals surface area contributed by atoms with Crippen LogP contribution in [0.1, 0.15) is 64.7 Å². The molecule has 122 valence electrons. The fourth-order valence-corrected chi connectivity index (χ4v) is 3.49. The molecule has 2 fully saturated rings. The molecule has 3 heteroatoms. The number of benzene rings is 1. The van der Waals surface area contributed by atoms with E-state index in [2.05, 4.69) is 12.2 Å². The van der Waals surface area contributed by atoms with Gasteiger partial charge in [-0.15, -0.1) is 0 Å². The Bertz CT molecular complexity index is 524. The van der Waals surface area contributed by atoms with Crippen LogP contribution in [0.4, 0.5) is 0 Å². The number of rotatable bonds is 3. The van der Waals surface area contributed by atoms with E-state index in [4.69, 9.17) is 9.15 Å². The van der Waals surface area contributed by atoms with E-state index in [0.29, 0.717) is 6.10 Å². The number of piperidine rings is 1. The van der Waals surface area contributed by atoms with E-state index in [1.54, 1.807) is 0 Å². The number of furan rings is 2. The van der Waals surface area contributed by atoms with Crippen molar-refractivity contribution in [1.82, 2.24) is 5.32 Å². The fraction of sp³-hybridized carbons (Fsp3) is 0.684. The maximum Gasteiger partial charge on any atom is 0.169 e. The number of hydrogen-bond donors (Lipinski definition) is 1. The molecular weight excluding hydrogens is 274 g/mol. The van der Waals surface area contributed by atoms with Crippen LogP contribution in [-0.2, 0) is 0 Å². The molecule has 2 aliphatic rings. The minimum atomic E-state index is 0.416. The predicted molar refractivity (Wildman–Crippen MR) is 90.8 cm³/mol. The van der Waals surface area contributed by atoms with Crippen LogP contribution in [0, 0.1) is 0 Å². The van der Waals surface area contributed by atoms with Crippen LogP contribution in [0.5, 0.6) is 5.75 Å². The van der Waals surface area contributed by atoms with Gasteiger partial charge < -0.3 is 14.5 Å². The Labute approximate surface area is 133 Å².